The lowest BCUT2D eigenvalue weighted by Gasteiger charge is -2.35. The fraction of sp³-hybridized carbons (Fsp3) is 0.667. The summed E-state index contributed by atoms with van der Waals surface area (Å²) in [6.45, 7) is 4.18. The predicted molar refractivity (Wildman–Crippen MR) is 136 cm³/mol. The number of aliphatic hydroxyl groups is 1. The van der Waals surface area contributed by atoms with Gasteiger partial charge in [-0.1, -0.05) is 32.3 Å². The van der Waals surface area contributed by atoms with Crippen LogP contribution in [0.5, 0.6) is 5.75 Å². The van der Waals surface area contributed by atoms with Crippen molar-refractivity contribution >= 4 is 23.5 Å². The van der Waals surface area contributed by atoms with Crippen molar-refractivity contribution in [3.63, 3.8) is 0 Å². The third kappa shape index (κ3) is 6.34. The van der Waals surface area contributed by atoms with Crippen LogP contribution in [0.1, 0.15) is 76.7 Å². The number of ether oxygens (including phenoxy) is 1. The average molecular weight is 485 g/mol. The van der Waals surface area contributed by atoms with Crippen LogP contribution in [0.3, 0.4) is 0 Å². The topological polar surface area (TPSA) is 94.5 Å². The first-order valence-electron chi connectivity index (χ1n) is 13.4. The van der Waals surface area contributed by atoms with Crippen molar-refractivity contribution in [2.75, 3.05) is 26.3 Å². The van der Waals surface area contributed by atoms with Crippen LogP contribution in [0, 0.1) is 5.92 Å². The van der Waals surface area contributed by atoms with E-state index in [0.29, 0.717) is 44.5 Å². The van der Waals surface area contributed by atoms with Gasteiger partial charge in [0.15, 0.2) is 0 Å². The Morgan fingerprint density at radius 1 is 1.26 bits per heavy atom. The molecule has 1 aliphatic carbocycles. The minimum Gasteiger partial charge on any atom is -0.493 e. The standard InChI is InChI=1S/C27H40N4O4/c1-2-9-23(20-10-5-6-11-20)31(15-16-32)26(34)14-4-3-7-17-35-24-13-8-12-22-21(24)18-30-19-25(33)29-27(30)28-22/h8,12-13,20,23,32H,2-7,9-11,14-19H2,1H3,(H,28,29,33). The molecule has 2 fully saturated rings. The van der Waals surface area contributed by atoms with Gasteiger partial charge in [0.1, 0.15) is 12.3 Å². The molecule has 2 N–H and O–H groups in total. The molecule has 0 aromatic heterocycles. The number of rotatable bonds is 13. The van der Waals surface area contributed by atoms with Crippen LogP contribution in [-0.4, -0.2) is 65.0 Å². The van der Waals surface area contributed by atoms with Crippen molar-refractivity contribution in [2.45, 2.75) is 83.7 Å². The Hall–Kier alpha value is -2.61. The van der Waals surface area contributed by atoms with E-state index in [1.54, 1.807) is 0 Å². The van der Waals surface area contributed by atoms with Gasteiger partial charge in [0.05, 0.1) is 25.4 Å². The molecule has 1 aromatic rings. The molecule has 0 radical (unpaired) electrons. The van der Waals surface area contributed by atoms with E-state index in [1.165, 1.54) is 25.7 Å². The molecule has 4 rings (SSSR count). The van der Waals surface area contributed by atoms with E-state index < -0.39 is 0 Å². The molecule has 35 heavy (non-hydrogen) atoms. The molecule has 0 spiro atoms. The van der Waals surface area contributed by atoms with Gasteiger partial charge in [0.25, 0.3) is 0 Å². The number of nitrogens with one attached hydrogen (secondary N) is 1. The monoisotopic (exact) mass is 484 g/mol. The summed E-state index contributed by atoms with van der Waals surface area (Å²) in [5.41, 5.74) is 1.85. The van der Waals surface area contributed by atoms with Crippen LogP contribution in [0.15, 0.2) is 23.2 Å². The first-order valence-corrected chi connectivity index (χ1v) is 13.4. The minimum absolute atomic E-state index is 0.0289. The fourth-order valence-corrected chi connectivity index (χ4v) is 5.73. The number of hydrogen-bond donors (Lipinski definition) is 2. The molecule has 2 aliphatic heterocycles. The highest BCUT2D eigenvalue weighted by Crippen LogP contribution is 2.35. The van der Waals surface area contributed by atoms with Gasteiger partial charge >= 0.3 is 0 Å². The number of nitrogens with zero attached hydrogens (tertiary/aromatic N) is 3. The molecule has 1 atom stereocenters. The molecule has 2 heterocycles. The van der Waals surface area contributed by atoms with Gasteiger partial charge in [-0.05, 0) is 56.6 Å². The van der Waals surface area contributed by atoms with Gasteiger partial charge in [0.2, 0.25) is 17.8 Å². The van der Waals surface area contributed by atoms with E-state index in [4.69, 9.17) is 4.74 Å². The molecule has 3 aliphatic rings. The number of hydrogen-bond acceptors (Lipinski definition) is 6. The van der Waals surface area contributed by atoms with Crippen molar-refractivity contribution in [1.29, 1.82) is 0 Å². The Balaban J connectivity index is 1.22. The van der Waals surface area contributed by atoms with E-state index in [1.807, 2.05) is 28.0 Å². The normalized spacial score (nSPS) is 18.1. The number of carbonyl (C=O) groups is 2. The second-order valence-corrected chi connectivity index (χ2v) is 9.96. The largest absolute Gasteiger partial charge is 0.493 e. The lowest BCUT2D eigenvalue weighted by molar-refractivity contribution is -0.135. The van der Waals surface area contributed by atoms with Crippen LogP contribution in [-0.2, 0) is 16.1 Å². The van der Waals surface area contributed by atoms with Crippen molar-refractivity contribution in [1.82, 2.24) is 15.1 Å². The number of unbranched alkanes of at least 4 members (excludes halogenated alkanes) is 2. The van der Waals surface area contributed by atoms with E-state index >= 15 is 0 Å². The summed E-state index contributed by atoms with van der Waals surface area (Å²) in [6.07, 6.45) is 10.2. The molecule has 1 saturated heterocycles. The smallest absolute Gasteiger partial charge is 0.246 e. The number of aliphatic hydroxyl groups excluding tert-OH is 1. The zero-order chi connectivity index (χ0) is 24.6. The summed E-state index contributed by atoms with van der Waals surface area (Å²) in [4.78, 5) is 33.2. The quantitative estimate of drug-likeness (QED) is 0.416. The fourth-order valence-electron chi connectivity index (χ4n) is 5.73. The predicted octanol–water partition coefficient (Wildman–Crippen LogP) is 3.74. The van der Waals surface area contributed by atoms with Gasteiger partial charge < -0.3 is 19.6 Å². The molecule has 1 unspecified atom stereocenters. The Labute approximate surface area is 208 Å². The van der Waals surface area contributed by atoms with E-state index in [9.17, 15) is 14.7 Å². The molecule has 0 bridgehead atoms. The number of carbonyl (C=O) groups excluding carboxylic acids is 2. The number of guanidine groups is 1. The van der Waals surface area contributed by atoms with Gasteiger partial charge in [-0.15, -0.1) is 0 Å². The highest BCUT2D eigenvalue weighted by atomic mass is 16.5. The van der Waals surface area contributed by atoms with Crippen molar-refractivity contribution in [3.05, 3.63) is 23.8 Å². The number of amides is 2. The summed E-state index contributed by atoms with van der Waals surface area (Å²) < 4.78 is 6.08. The zero-order valence-electron chi connectivity index (χ0n) is 21.0. The molecule has 1 aromatic carbocycles. The van der Waals surface area contributed by atoms with Gasteiger partial charge in [-0.2, -0.15) is 0 Å². The molecule has 8 heteroatoms. The number of benzene rings is 1. The first-order chi connectivity index (χ1) is 17.1. The summed E-state index contributed by atoms with van der Waals surface area (Å²) in [5.74, 6) is 2.17. The van der Waals surface area contributed by atoms with Crippen LogP contribution >= 0.6 is 0 Å². The third-order valence-corrected chi connectivity index (χ3v) is 7.45. The Bertz CT molecular complexity index is 912. The second kappa shape index (κ2) is 12.4. The number of aliphatic imine (C=N–C) groups is 1. The van der Waals surface area contributed by atoms with Gasteiger partial charge in [-0.25, -0.2) is 4.99 Å². The van der Waals surface area contributed by atoms with Gasteiger partial charge in [0, 0.05) is 24.6 Å². The highest BCUT2D eigenvalue weighted by Gasteiger charge is 2.32. The van der Waals surface area contributed by atoms with Crippen molar-refractivity contribution < 1.29 is 19.4 Å². The Morgan fingerprint density at radius 3 is 2.86 bits per heavy atom. The summed E-state index contributed by atoms with van der Waals surface area (Å²) in [5, 5.41) is 12.4. The molecule has 1 saturated carbocycles. The SMILES string of the molecule is CCCC(C1CCCC1)N(CCO)C(=O)CCCCCOc1cccc2c1CN1CC(=O)NC1=N2. The molecule has 192 valence electrons. The minimum atomic E-state index is -0.0321. The van der Waals surface area contributed by atoms with Crippen LogP contribution < -0.4 is 10.1 Å². The highest BCUT2D eigenvalue weighted by molar-refractivity contribution is 6.05. The summed E-state index contributed by atoms with van der Waals surface area (Å²) in [6, 6.07) is 6.10. The van der Waals surface area contributed by atoms with Crippen LogP contribution in [0.2, 0.25) is 0 Å². The summed E-state index contributed by atoms with van der Waals surface area (Å²) in [7, 11) is 0. The van der Waals surface area contributed by atoms with Gasteiger partial charge in [-0.3, -0.25) is 14.9 Å². The summed E-state index contributed by atoms with van der Waals surface area (Å²) >= 11 is 0. The first kappa shape index (κ1) is 25.5. The molecule has 8 nitrogen and oxygen atoms in total. The van der Waals surface area contributed by atoms with E-state index in [-0.39, 0.29) is 24.5 Å². The Kier molecular flexibility index (Phi) is 9.01. The molecule has 2 amide bonds. The molecular formula is C27H40N4O4. The van der Waals surface area contributed by atoms with E-state index in [0.717, 1.165) is 49.1 Å². The van der Waals surface area contributed by atoms with Crippen LogP contribution in [0.4, 0.5) is 5.69 Å². The maximum atomic E-state index is 13.1. The lowest BCUT2D eigenvalue weighted by Crippen LogP contribution is -2.45. The zero-order valence-corrected chi connectivity index (χ0v) is 21.0. The second-order valence-electron chi connectivity index (χ2n) is 9.96. The number of fused-ring (bicyclic) bond motifs is 2. The van der Waals surface area contributed by atoms with Crippen molar-refractivity contribution in [3.8, 4) is 5.75 Å². The Morgan fingerprint density at radius 2 is 2.09 bits per heavy atom. The maximum Gasteiger partial charge on any atom is 0.246 e. The molecular weight excluding hydrogens is 444 g/mol. The maximum absolute atomic E-state index is 13.1. The van der Waals surface area contributed by atoms with Crippen molar-refractivity contribution in [2.24, 2.45) is 10.9 Å². The van der Waals surface area contributed by atoms with E-state index in [2.05, 4.69) is 17.2 Å². The lowest BCUT2D eigenvalue weighted by atomic mass is 9.92. The average Bonchev–Trinajstić information content (AvgIpc) is 3.51. The third-order valence-electron chi connectivity index (χ3n) is 7.45. The van der Waals surface area contributed by atoms with Crippen LogP contribution in [0.25, 0.3) is 0 Å².